The molecule has 0 radical (unpaired) electrons. The van der Waals surface area contributed by atoms with Crippen LogP contribution in [-0.2, 0) is 4.79 Å². The number of hydrogen-bond acceptors (Lipinski definition) is 4. The van der Waals surface area contributed by atoms with Gasteiger partial charge in [-0.1, -0.05) is 17.7 Å². The second-order valence-corrected chi connectivity index (χ2v) is 9.15. The third-order valence-electron chi connectivity index (χ3n) is 6.52. The Labute approximate surface area is 203 Å². The van der Waals surface area contributed by atoms with Crippen LogP contribution >= 0.6 is 11.6 Å². The van der Waals surface area contributed by atoms with Crippen molar-refractivity contribution in [2.75, 3.05) is 50.7 Å². The standard InChI is InChI=1S/C26H27ClFN5O/c27-22-1-5-24(6-2-22)31-13-15-32(16-14-31)26(34)19-30-11-9-20(10-12-30)21-17-29-33(18-21)25-7-3-23(28)4-8-25/h1-9,17-18H,10-16,19H2. The Balaban J connectivity index is 1.12. The molecule has 3 aromatic rings. The van der Waals surface area contributed by atoms with Crippen molar-refractivity contribution in [3.8, 4) is 5.69 Å². The van der Waals surface area contributed by atoms with Gasteiger partial charge in [-0.05, 0) is 60.5 Å². The highest BCUT2D eigenvalue weighted by molar-refractivity contribution is 6.30. The van der Waals surface area contributed by atoms with Gasteiger partial charge in [-0.3, -0.25) is 9.69 Å². The van der Waals surface area contributed by atoms with Gasteiger partial charge in [0.05, 0.1) is 18.4 Å². The van der Waals surface area contributed by atoms with Crippen molar-refractivity contribution in [2.45, 2.75) is 6.42 Å². The second kappa shape index (κ2) is 9.99. The van der Waals surface area contributed by atoms with E-state index in [1.807, 2.05) is 41.6 Å². The smallest absolute Gasteiger partial charge is 0.236 e. The summed E-state index contributed by atoms with van der Waals surface area (Å²) in [4.78, 5) is 19.3. The zero-order valence-electron chi connectivity index (χ0n) is 18.9. The number of hydrogen-bond donors (Lipinski definition) is 0. The average Bonchev–Trinajstić information content (AvgIpc) is 3.36. The lowest BCUT2D eigenvalue weighted by Crippen LogP contribution is -2.51. The van der Waals surface area contributed by atoms with Crippen LogP contribution in [-0.4, -0.2) is 71.3 Å². The van der Waals surface area contributed by atoms with E-state index in [1.54, 1.807) is 16.8 Å². The SMILES string of the molecule is O=C(CN1CC=C(c2cnn(-c3ccc(F)cc3)c2)CC1)N1CCN(c2ccc(Cl)cc2)CC1. The van der Waals surface area contributed by atoms with Gasteiger partial charge in [0.15, 0.2) is 0 Å². The molecule has 1 saturated heterocycles. The molecule has 5 rings (SSSR count). The molecular formula is C26H27ClFN5O. The lowest BCUT2D eigenvalue weighted by atomic mass is 10.0. The molecule has 0 spiro atoms. The Bertz CT molecular complexity index is 1170. The van der Waals surface area contributed by atoms with Crippen LogP contribution in [0.1, 0.15) is 12.0 Å². The first-order chi connectivity index (χ1) is 16.5. The van der Waals surface area contributed by atoms with E-state index in [2.05, 4.69) is 21.0 Å². The quantitative estimate of drug-likeness (QED) is 0.552. The van der Waals surface area contributed by atoms with Crippen LogP contribution in [0.25, 0.3) is 11.3 Å². The minimum atomic E-state index is -0.260. The molecule has 1 fully saturated rings. The molecule has 0 unspecified atom stereocenters. The van der Waals surface area contributed by atoms with E-state index >= 15 is 0 Å². The fourth-order valence-electron chi connectivity index (χ4n) is 4.50. The maximum atomic E-state index is 13.2. The Morgan fingerprint density at radius 2 is 1.65 bits per heavy atom. The molecule has 8 heteroatoms. The van der Waals surface area contributed by atoms with Crippen LogP contribution in [0, 0.1) is 5.82 Å². The van der Waals surface area contributed by atoms with E-state index in [1.165, 1.54) is 17.7 Å². The Kier molecular flexibility index (Phi) is 6.65. The number of amides is 1. The Hall–Kier alpha value is -3.16. The average molecular weight is 480 g/mol. The molecule has 34 heavy (non-hydrogen) atoms. The van der Waals surface area contributed by atoms with Crippen molar-refractivity contribution in [3.63, 3.8) is 0 Å². The zero-order chi connectivity index (χ0) is 23.5. The molecule has 2 aliphatic rings. The summed E-state index contributed by atoms with van der Waals surface area (Å²) < 4.78 is 14.9. The van der Waals surface area contributed by atoms with Crippen molar-refractivity contribution in [2.24, 2.45) is 0 Å². The summed E-state index contributed by atoms with van der Waals surface area (Å²) in [5.74, 6) is -0.0686. The van der Waals surface area contributed by atoms with Gasteiger partial charge in [0.1, 0.15) is 5.82 Å². The van der Waals surface area contributed by atoms with Crippen LogP contribution in [0.4, 0.5) is 10.1 Å². The van der Waals surface area contributed by atoms with Crippen LogP contribution in [0.5, 0.6) is 0 Å². The van der Waals surface area contributed by atoms with E-state index < -0.39 is 0 Å². The van der Waals surface area contributed by atoms with Crippen molar-refractivity contribution >= 4 is 28.8 Å². The summed E-state index contributed by atoms with van der Waals surface area (Å²) in [6.45, 7) is 5.15. The largest absolute Gasteiger partial charge is 0.368 e. The van der Waals surface area contributed by atoms with Gasteiger partial charge in [-0.25, -0.2) is 9.07 Å². The third-order valence-corrected chi connectivity index (χ3v) is 6.77. The van der Waals surface area contributed by atoms with Crippen molar-refractivity contribution in [1.29, 1.82) is 0 Å². The van der Waals surface area contributed by atoms with E-state index in [4.69, 9.17) is 11.6 Å². The number of rotatable bonds is 5. The fraction of sp³-hybridized carbons (Fsp3) is 0.308. The predicted molar refractivity (Wildman–Crippen MR) is 133 cm³/mol. The molecule has 1 aromatic heterocycles. The van der Waals surface area contributed by atoms with Gasteiger partial charge in [-0.2, -0.15) is 5.10 Å². The summed E-state index contributed by atoms with van der Waals surface area (Å²) in [5.41, 5.74) is 4.27. The van der Waals surface area contributed by atoms with E-state index in [0.29, 0.717) is 6.54 Å². The summed E-state index contributed by atoms with van der Waals surface area (Å²) in [5, 5.41) is 5.15. The molecule has 1 amide bonds. The van der Waals surface area contributed by atoms with Gasteiger partial charge in [-0.15, -0.1) is 0 Å². The Morgan fingerprint density at radius 1 is 0.941 bits per heavy atom. The van der Waals surface area contributed by atoms with Crippen LogP contribution < -0.4 is 4.90 Å². The molecule has 2 aromatic carbocycles. The van der Waals surface area contributed by atoms with E-state index in [-0.39, 0.29) is 11.7 Å². The molecule has 0 bridgehead atoms. The summed E-state index contributed by atoms with van der Waals surface area (Å²) in [7, 11) is 0. The number of carbonyl (C=O) groups is 1. The highest BCUT2D eigenvalue weighted by Gasteiger charge is 2.24. The summed E-state index contributed by atoms with van der Waals surface area (Å²) >= 11 is 5.99. The molecule has 0 aliphatic carbocycles. The molecular weight excluding hydrogens is 453 g/mol. The van der Waals surface area contributed by atoms with Gasteiger partial charge in [0.2, 0.25) is 5.91 Å². The molecule has 0 saturated carbocycles. The predicted octanol–water partition coefficient (Wildman–Crippen LogP) is 4.10. The normalized spacial score (nSPS) is 17.1. The van der Waals surface area contributed by atoms with Gasteiger partial charge < -0.3 is 9.80 Å². The first-order valence-corrected chi connectivity index (χ1v) is 11.9. The third kappa shape index (κ3) is 5.16. The van der Waals surface area contributed by atoms with Crippen molar-refractivity contribution in [3.05, 3.63) is 83.4 Å². The van der Waals surface area contributed by atoms with E-state index in [9.17, 15) is 9.18 Å². The van der Waals surface area contributed by atoms with Gasteiger partial charge in [0.25, 0.3) is 0 Å². The van der Waals surface area contributed by atoms with Crippen LogP contribution in [0.3, 0.4) is 0 Å². The second-order valence-electron chi connectivity index (χ2n) is 8.71. The molecule has 0 N–H and O–H groups in total. The first-order valence-electron chi connectivity index (χ1n) is 11.6. The highest BCUT2D eigenvalue weighted by atomic mass is 35.5. The molecule has 2 aliphatic heterocycles. The topological polar surface area (TPSA) is 44.6 Å². The zero-order valence-corrected chi connectivity index (χ0v) is 19.7. The minimum Gasteiger partial charge on any atom is -0.368 e. The van der Waals surface area contributed by atoms with Crippen LogP contribution in [0.15, 0.2) is 67.0 Å². The lowest BCUT2D eigenvalue weighted by molar-refractivity contribution is -0.132. The molecule has 176 valence electrons. The fourth-order valence-corrected chi connectivity index (χ4v) is 4.62. The molecule has 3 heterocycles. The minimum absolute atomic E-state index is 0.191. The monoisotopic (exact) mass is 479 g/mol. The summed E-state index contributed by atoms with van der Waals surface area (Å²) in [6, 6.07) is 14.2. The maximum Gasteiger partial charge on any atom is 0.236 e. The number of nitrogens with zero attached hydrogens (tertiary/aromatic N) is 5. The number of benzene rings is 2. The van der Waals surface area contributed by atoms with Gasteiger partial charge in [0, 0.05) is 61.7 Å². The number of carbonyl (C=O) groups excluding carboxylic acids is 1. The van der Waals surface area contributed by atoms with Gasteiger partial charge >= 0.3 is 0 Å². The lowest BCUT2D eigenvalue weighted by Gasteiger charge is -2.37. The highest BCUT2D eigenvalue weighted by Crippen LogP contribution is 2.23. The maximum absolute atomic E-state index is 13.2. The number of anilines is 1. The molecule has 6 nitrogen and oxygen atoms in total. The van der Waals surface area contributed by atoms with E-state index in [0.717, 1.165) is 67.7 Å². The van der Waals surface area contributed by atoms with Crippen molar-refractivity contribution < 1.29 is 9.18 Å². The molecule has 0 atom stereocenters. The Morgan fingerprint density at radius 3 is 2.32 bits per heavy atom. The number of aromatic nitrogens is 2. The summed E-state index contributed by atoms with van der Waals surface area (Å²) in [6.07, 6.45) is 6.87. The first kappa shape index (κ1) is 22.6. The number of halogens is 2. The number of piperazine rings is 1. The van der Waals surface area contributed by atoms with Crippen molar-refractivity contribution in [1.82, 2.24) is 19.6 Å². The van der Waals surface area contributed by atoms with Crippen LogP contribution in [0.2, 0.25) is 5.02 Å².